The van der Waals surface area contributed by atoms with Crippen molar-refractivity contribution in [2.24, 2.45) is 0 Å². The molecule has 1 aromatic carbocycles. The number of carbonyl (C=O) groups is 1. The lowest BCUT2D eigenvalue weighted by molar-refractivity contribution is 0.0696. The van der Waals surface area contributed by atoms with E-state index in [9.17, 15) is 4.79 Å². The van der Waals surface area contributed by atoms with Crippen LogP contribution < -0.4 is 4.74 Å². The molecule has 0 amide bonds. The summed E-state index contributed by atoms with van der Waals surface area (Å²) in [6.07, 6.45) is 1.42. The van der Waals surface area contributed by atoms with Crippen LogP contribution in [0.1, 0.15) is 15.9 Å². The third-order valence-electron chi connectivity index (χ3n) is 2.42. The number of hydrogen-bond donors (Lipinski definition) is 1. The van der Waals surface area contributed by atoms with Gasteiger partial charge in [0.15, 0.2) is 0 Å². The van der Waals surface area contributed by atoms with Crippen molar-refractivity contribution < 1.29 is 14.6 Å². The second-order valence-electron chi connectivity index (χ2n) is 3.82. The fraction of sp³-hybridized carbons (Fsp3) is 0.0769. The Hall–Kier alpha value is -1.78. The summed E-state index contributed by atoms with van der Waals surface area (Å²) in [5, 5.41) is 9.63. The van der Waals surface area contributed by atoms with Gasteiger partial charge in [-0.3, -0.25) is 0 Å². The molecule has 0 fully saturated rings. The van der Waals surface area contributed by atoms with Crippen LogP contribution in [-0.4, -0.2) is 16.1 Å². The van der Waals surface area contributed by atoms with Crippen molar-refractivity contribution in [1.82, 2.24) is 4.98 Å². The lowest BCUT2D eigenvalue weighted by atomic mass is 10.1. The van der Waals surface area contributed by atoms with Crippen molar-refractivity contribution in [2.75, 3.05) is 0 Å². The molecule has 0 atom stereocenters. The van der Waals surface area contributed by atoms with E-state index in [-0.39, 0.29) is 16.5 Å². The molecule has 0 aliphatic rings. The molecular weight excluding hydrogens is 289 g/mol. The summed E-state index contributed by atoms with van der Waals surface area (Å²) >= 11 is 11.7. The third kappa shape index (κ3) is 3.16. The van der Waals surface area contributed by atoms with Gasteiger partial charge in [-0.05, 0) is 36.8 Å². The molecular formula is C13H9Cl2NO3. The zero-order valence-corrected chi connectivity index (χ0v) is 11.4. The summed E-state index contributed by atoms with van der Waals surface area (Å²) in [5.41, 5.74) is 0.817. The van der Waals surface area contributed by atoms with Crippen molar-refractivity contribution in [3.05, 3.63) is 51.6 Å². The Kier molecular flexibility index (Phi) is 3.93. The second kappa shape index (κ2) is 5.47. The van der Waals surface area contributed by atoms with Gasteiger partial charge in [0.2, 0.25) is 5.88 Å². The van der Waals surface area contributed by atoms with E-state index in [0.717, 1.165) is 0 Å². The highest BCUT2D eigenvalue weighted by atomic mass is 35.5. The van der Waals surface area contributed by atoms with Crippen molar-refractivity contribution in [1.29, 1.82) is 0 Å². The van der Waals surface area contributed by atoms with E-state index in [2.05, 4.69) is 4.98 Å². The zero-order valence-electron chi connectivity index (χ0n) is 9.85. The van der Waals surface area contributed by atoms with Gasteiger partial charge in [-0.2, -0.15) is 0 Å². The molecule has 19 heavy (non-hydrogen) atoms. The lowest BCUT2D eigenvalue weighted by Crippen LogP contribution is -1.99. The average molecular weight is 298 g/mol. The SMILES string of the molecule is Cc1cc(Oc2ncc(Cl)cc2Cl)ccc1C(=O)O. The largest absolute Gasteiger partial charge is 0.478 e. The molecule has 0 aliphatic heterocycles. The van der Waals surface area contributed by atoms with Gasteiger partial charge in [0.1, 0.15) is 10.8 Å². The number of rotatable bonds is 3. The van der Waals surface area contributed by atoms with E-state index in [1.807, 2.05) is 0 Å². The minimum atomic E-state index is -0.980. The summed E-state index contributed by atoms with van der Waals surface area (Å²) in [6, 6.07) is 6.14. The van der Waals surface area contributed by atoms with Crippen LogP contribution in [0.25, 0.3) is 0 Å². The predicted octanol–water partition coefficient (Wildman–Crippen LogP) is 4.19. The van der Waals surface area contributed by atoms with Crippen LogP contribution in [0.15, 0.2) is 30.5 Å². The van der Waals surface area contributed by atoms with Crippen LogP contribution in [0.4, 0.5) is 0 Å². The molecule has 0 saturated carbocycles. The molecule has 0 aliphatic carbocycles. The summed E-state index contributed by atoms with van der Waals surface area (Å²) < 4.78 is 5.49. The Labute approximate surface area is 119 Å². The molecule has 2 rings (SSSR count). The number of ether oxygens (including phenoxy) is 1. The highest BCUT2D eigenvalue weighted by Crippen LogP contribution is 2.29. The smallest absolute Gasteiger partial charge is 0.335 e. The minimum Gasteiger partial charge on any atom is -0.478 e. The highest BCUT2D eigenvalue weighted by molar-refractivity contribution is 6.35. The number of aromatic carboxylic acids is 1. The van der Waals surface area contributed by atoms with Gasteiger partial charge in [0, 0.05) is 6.20 Å². The first-order valence-electron chi connectivity index (χ1n) is 5.30. The van der Waals surface area contributed by atoms with Crippen molar-refractivity contribution in [3.63, 3.8) is 0 Å². The first-order valence-corrected chi connectivity index (χ1v) is 6.06. The number of aromatic nitrogens is 1. The molecule has 4 nitrogen and oxygen atoms in total. The molecule has 0 bridgehead atoms. The monoisotopic (exact) mass is 297 g/mol. The van der Waals surface area contributed by atoms with Gasteiger partial charge in [0.05, 0.1) is 10.6 Å². The molecule has 98 valence electrons. The Bertz CT molecular complexity index is 644. The third-order valence-corrected chi connectivity index (χ3v) is 2.89. The maximum absolute atomic E-state index is 10.9. The number of carboxylic acids is 1. The van der Waals surface area contributed by atoms with E-state index in [1.165, 1.54) is 18.3 Å². The zero-order chi connectivity index (χ0) is 14.0. The van der Waals surface area contributed by atoms with Gasteiger partial charge in [-0.15, -0.1) is 0 Å². The van der Waals surface area contributed by atoms with Crippen LogP contribution in [0, 0.1) is 6.92 Å². The Morgan fingerprint density at radius 2 is 2.05 bits per heavy atom. The Morgan fingerprint density at radius 1 is 1.32 bits per heavy atom. The number of hydrogen-bond acceptors (Lipinski definition) is 3. The molecule has 0 unspecified atom stereocenters. The molecule has 0 radical (unpaired) electrons. The number of pyridine rings is 1. The fourth-order valence-electron chi connectivity index (χ4n) is 1.53. The first kappa shape index (κ1) is 13.6. The summed E-state index contributed by atoms with van der Waals surface area (Å²) in [4.78, 5) is 14.9. The van der Waals surface area contributed by atoms with Gasteiger partial charge in [-0.25, -0.2) is 9.78 Å². The quantitative estimate of drug-likeness (QED) is 0.923. The van der Waals surface area contributed by atoms with Crippen LogP contribution in [-0.2, 0) is 0 Å². The first-order chi connectivity index (χ1) is 8.97. The molecule has 0 saturated heterocycles. The molecule has 0 spiro atoms. The Balaban J connectivity index is 2.29. The maximum atomic E-state index is 10.9. The van der Waals surface area contributed by atoms with E-state index >= 15 is 0 Å². The second-order valence-corrected chi connectivity index (χ2v) is 4.67. The van der Waals surface area contributed by atoms with Gasteiger partial charge < -0.3 is 9.84 Å². The van der Waals surface area contributed by atoms with Gasteiger partial charge >= 0.3 is 5.97 Å². The normalized spacial score (nSPS) is 10.3. The van der Waals surface area contributed by atoms with Crippen LogP contribution in [0.2, 0.25) is 10.0 Å². The van der Waals surface area contributed by atoms with Crippen molar-refractivity contribution in [3.8, 4) is 11.6 Å². The van der Waals surface area contributed by atoms with Gasteiger partial charge in [0.25, 0.3) is 0 Å². The number of halogens is 2. The molecule has 1 heterocycles. The fourth-order valence-corrected chi connectivity index (χ4v) is 1.95. The van der Waals surface area contributed by atoms with E-state index in [4.69, 9.17) is 33.0 Å². The summed E-state index contributed by atoms with van der Waals surface area (Å²) in [5.74, 6) is -0.306. The van der Waals surface area contributed by atoms with Crippen molar-refractivity contribution >= 4 is 29.2 Å². The lowest BCUT2D eigenvalue weighted by Gasteiger charge is -2.08. The van der Waals surface area contributed by atoms with E-state index in [1.54, 1.807) is 19.1 Å². The Morgan fingerprint density at radius 3 is 2.63 bits per heavy atom. The molecule has 2 aromatic rings. The summed E-state index contributed by atoms with van der Waals surface area (Å²) in [6.45, 7) is 1.69. The predicted molar refractivity (Wildman–Crippen MR) is 72.5 cm³/mol. The van der Waals surface area contributed by atoms with Crippen molar-refractivity contribution in [2.45, 2.75) is 6.92 Å². The molecule has 6 heteroatoms. The summed E-state index contributed by atoms with van der Waals surface area (Å²) in [7, 11) is 0. The standard InChI is InChI=1S/C13H9Cl2NO3/c1-7-4-9(2-3-10(7)13(17)18)19-12-11(15)5-8(14)6-16-12/h2-6H,1H3,(H,17,18). The van der Waals surface area contributed by atoms with Crippen LogP contribution >= 0.6 is 23.2 Å². The minimum absolute atomic E-state index is 0.216. The molecule has 1 aromatic heterocycles. The number of carboxylic acid groups (broad SMARTS) is 1. The van der Waals surface area contributed by atoms with E-state index in [0.29, 0.717) is 16.3 Å². The highest BCUT2D eigenvalue weighted by Gasteiger charge is 2.10. The average Bonchev–Trinajstić information content (AvgIpc) is 2.32. The van der Waals surface area contributed by atoms with Gasteiger partial charge in [-0.1, -0.05) is 23.2 Å². The maximum Gasteiger partial charge on any atom is 0.335 e. The van der Waals surface area contributed by atoms with Crippen LogP contribution in [0.3, 0.4) is 0 Å². The van der Waals surface area contributed by atoms with Crippen LogP contribution in [0.5, 0.6) is 11.6 Å². The topological polar surface area (TPSA) is 59.4 Å². The molecule has 1 N–H and O–H groups in total. The number of benzene rings is 1. The number of aryl methyl sites for hydroxylation is 1. The number of nitrogens with zero attached hydrogens (tertiary/aromatic N) is 1. The van der Waals surface area contributed by atoms with E-state index < -0.39 is 5.97 Å².